The highest BCUT2D eigenvalue weighted by molar-refractivity contribution is 4.81. The molecule has 1 rings (SSSR count). The van der Waals surface area contributed by atoms with Gasteiger partial charge in [0.25, 0.3) is 0 Å². The molecule has 0 heterocycles. The van der Waals surface area contributed by atoms with Gasteiger partial charge < -0.3 is 0 Å². The first-order valence-electron chi connectivity index (χ1n) is 11.7. The van der Waals surface area contributed by atoms with Crippen LogP contribution in [0.5, 0.6) is 0 Å². The Morgan fingerprint density at radius 3 is 1.38 bits per heavy atom. The maximum Gasteiger partial charge on any atom is 0.234 e. The Bertz CT molecular complexity index is 440. The van der Waals surface area contributed by atoms with Gasteiger partial charge in [0.1, 0.15) is 0 Å². The third-order valence-corrected chi connectivity index (χ3v) is 5.31. The lowest BCUT2D eigenvalue weighted by atomic mass is 9.82. The van der Waals surface area contributed by atoms with Gasteiger partial charge in [-0.1, -0.05) is 61.3 Å². The van der Waals surface area contributed by atoms with Crippen molar-refractivity contribution < 1.29 is 19.6 Å². The first-order chi connectivity index (χ1) is 13.0. The van der Waals surface area contributed by atoms with E-state index in [0.717, 1.165) is 44.4 Å². The highest BCUT2D eigenvalue weighted by Gasteiger charge is 2.43. The Morgan fingerprint density at radius 1 is 0.690 bits per heavy atom. The van der Waals surface area contributed by atoms with Crippen LogP contribution in [-0.4, -0.2) is 17.0 Å². The minimum Gasteiger partial charge on any atom is -0.228 e. The second-order valence-electron chi connectivity index (χ2n) is 13.0. The number of rotatable bonds is 10. The molecule has 0 radical (unpaired) electrons. The Morgan fingerprint density at radius 2 is 1.07 bits per heavy atom. The molecule has 1 aliphatic carbocycles. The van der Waals surface area contributed by atoms with Crippen molar-refractivity contribution in [2.45, 2.75) is 145 Å². The summed E-state index contributed by atoms with van der Waals surface area (Å²) in [6.07, 6.45) is 8.05. The Labute approximate surface area is 181 Å². The quantitative estimate of drug-likeness (QED) is 0.206. The minimum atomic E-state index is -0.825. The van der Waals surface area contributed by atoms with Crippen LogP contribution in [0.1, 0.15) is 128 Å². The second kappa shape index (κ2) is 9.97. The van der Waals surface area contributed by atoms with Gasteiger partial charge in [-0.2, -0.15) is 9.78 Å². The zero-order valence-electron chi connectivity index (χ0n) is 21.4. The highest BCUT2D eigenvalue weighted by Crippen LogP contribution is 2.41. The number of hydrogen-bond donors (Lipinski definition) is 0. The average Bonchev–Trinajstić information content (AvgIpc) is 2.49. The van der Waals surface area contributed by atoms with Gasteiger partial charge in [0.15, 0.2) is 0 Å². The molecule has 4 heteroatoms. The summed E-state index contributed by atoms with van der Waals surface area (Å²) in [5.41, 5.74) is -0.471. The van der Waals surface area contributed by atoms with Gasteiger partial charge in [0.05, 0.1) is 11.2 Å². The van der Waals surface area contributed by atoms with Crippen molar-refractivity contribution in [1.82, 2.24) is 0 Å². The van der Waals surface area contributed by atoms with E-state index >= 15 is 0 Å². The van der Waals surface area contributed by atoms with Gasteiger partial charge in [-0.3, -0.25) is 0 Å². The van der Waals surface area contributed by atoms with Crippen LogP contribution >= 0.6 is 0 Å². The standard InChI is InChI=1S/C25H50O4/c1-12-13-20-14-16-25(17-15-20,28-26-23(8,9)18-21(2,3)4)29-27-24(10,11)19-22(5,6)7/h20H,12-19H2,1-11H3. The molecule has 29 heavy (non-hydrogen) atoms. The molecule has 0 atom stereocenters. The summed E-state index contributed by atoms with van der Waals surface area (Å²) in [5.74, 6) is -0.0837. The zero-order chi connectivity index (χ0) is 22.6. The molecule has 1 aliphatic rings. The van der Waals surface area contributed by atoms with E-state index in [2.05, 4.69) is 76.2 Å². The van der Waals surface area contributed by atoms with E-state index in [1.165, 1.54) is 12.8 Å². The Kier molecular flexibility index (Phi) is 9.24. The molecule has 0 bridgehead atoms. The van der Waals surface area contributed by atoms with E-state index < -0.39 is 17.0 Å². The molecule has 0 amide bonds. The summed E-state index contributed by atoms with van der Waals surface area (Å²) in [6.45, 7) is 23.9. The summed E-state index contributed by atoms with van der Waals surface area (Å²) in [7, 11) is 0. The fraction of sp³-hybridized carbons (Fsp3) is 1.00. The predicted molar refractivity (Wildman–Crippen MR) is 120 cm³/mol. The molecule has 174 valence electrons. The van der Waals surface area contributed by atoms with Crippen molar-refractivity contribution in [3.8, 4) is 0 Å². The first-order valence-corrected chi connectivity index (χ1v) is 11.7. The lowest BCUT2D eigenvalue weighted by Gasteiger charge is -2.42. The first kappa shape index (κ1) is 26.9. The van der Waals surface area contributed by atoms with Crippen molar-refractivity contribution >= 4 is 0 Å². The largest absolute Gasteiger partial charge is 0.234 e. The molecule has 1 fully saturated rings. The molecule has 0 aromatic heterocycles. The topological polar surface area (TPSA) is 36.9 Å². The molecule has 0 aromatic carbocycles. The summed E-state index contributed by atoms with van der Waals surface area (Å²) >= 11 is 0. The van der Waals surface area contributed by atoms with Gasteiger partial charge in [-0.25, -0.2) is 9.78 Å². The highest BCUT2D eigenvalue weighted by atomic mass is 17.3. The van der Waals surface area contributed by atoms with Gasteiger partial charge in [0, 0.05) is 12.8 Å². The fourth-order valence-corrected chi connectivity index (χ4v) is 4.99. The van der Waals surface area contributed by atoms with Crippen LogP contribution in [0, 0.1) is 16.7 Å². The Hall–Kier alpha value is -0.160. The van der Waals surface area contributed by atoms with Crippen molar-refractivity contribution in [2.24, 2.45) is 16.7 Å². The van der Waals surface area contributed by atoms with E-state index in [1.54, 1.807) is 0 Å². The lowest BCUT2D eigenvalue weighted by molar-refractivity contribution is -0.550. The van der Waals surface area contributed by atoms with E-state index in [0.29, 0.717) is 0 Å². The smallest absolute Gasteiger partial charge is 0.228 e. The lowest BCUT2D eigenvalue weighted by Crippen LogP contribution is -2.45. The van der Waals surface area contributed by atoms with Crippen LogP contribution in [0.4, 0.5) is 0 Å². The summed E-state index contributed by atoms with van der Waals surface area (Å²) in [4.78, 5) is 24.2. The monoisotopic (exact) mass is 414 g/mol. The van der Waals surface area contributed by atoms with Crippen LogP contribution in [0.25, 0.3) is 0 Å². The minimum absolute atomic E-state index is 0.158. The molecule has 0 aliphatic heterocycles. The summed E-state index contributed by atoms with van der Waals surface area (Å²) < 4.78 is 0. The second-order valence-corrected chi connectivity index (χ2v) is 13.0. The molecule has 1 saturated carbocycles. The van der Waals surface area contributed by atoms with Gasteiger partial charge in [-0.05, 0) is 70.1 Å². The molecule has 0 spiro atoms. The van der Waals surface area contributed by atoms with Crippen molar-refractivity contribution in [3.05, 3.63) is 0 Å². The molecular weight excluding hydrogens is 364 g/mol. The van der Waals surface area contributed by atoms with E-state index in [9.17, 15) is 0 Å². The summed E-state index contributed by atoms with van der Waals surface area (Å²) in [5, 5.41) is 0. The molecular formula is C25H50O4. The van der Waals surface area contributed by atoms with Crippen molar-refractivity contribution in [1.29, 1.82) is 0 Å². The van der Waals surface area contributed by atoms with Gasteiger partial charge in [-0.15, -0.1) is 0 Å². The van der Waals surface area contributed by atoms with Crippen LogP contribution < -0.4 is 0 Å². The normalized spacial score (nSPS) is 19.6. The molecule has 0 aromatic rings. The molecule has 4 nitrogen and oxygen atoms in total. The van der Waals surface area contributed by atoms with Crippen molar-refractivity contribution in [3.63, 3.8) is 0 Å². The van der Waals surface area contributed by atoms with E-state index in [-0.39, 0.29) is 10.8 Å². The molecule has 0 N–H and O–H groups in total. The van der Waals surface area contributed by atoms with E-state index in [4.69, 9.17) is 19.6 Å². The SMILES string of the molecule is CCCC1CCC(OOC(C)(C)CC(C)(C)C)(OOC(C)(C)CC(C)(C)C)CC1. The fourth-order valence-electron chi connectivity index (χ4n) is 4.99. The molecule has 0 unspecified atom stereocenters. The van der Waals surface area contributed by atoms with Crippen LogP contribution in [0.2, 0.25) is 0 Å². The maximum atomic E-state index is 6.09. The Balaban J connectivity index is 2.82. The van der Waals surface area contributed by atoms with Crippen LogP contribution in [0.3, 0.4) is 0 Å². The predicted octanol–water partition coefficient (Wildman–Crippen LogP) is 8.00. The average molecular weight is 415 g/mol. The maximum absolute atomic E-state index is 6.09. The van der Waals surface area contributed by atoms with Crippen molar-refractivity contribution in [2.75, 3.05) is 0 Å². The van der Waals surface area contributed by atoms with Crippen LogP contribution in [0.15, 0.2) is 0 Å². The third-order valence-electron chi connectivity index (χ3n) is 5.31. The number of hydrogen-bond acceptors (Lipinski definition) is 4. The van der Waals surface area contributed by atoms with Gasteiger partial charge >= 0.3 is 0 Å². The van der Waals surface area contributed by atoms with Crippen LogP contribution in [-0.2, 0) is 19.6 Å². The van der Waals surface area contributed by atoms with E-state index in [1.807, 2.05) is 0 Å². The summed E-state index contributed by atoms with van der Waals surface area (Å²) in [6, 6.07) is 0. The molecule has 0 saturated heterocycles. The van der Waals surface area contributed by atoms with Gasteiger partial charge in [0.2, 0.25) is 5.79 Å². The third kappa shape index (κ3) is 11.1. The zero-order valence-corrected chi connectivity index (χ0v) is 21.4.